The molecule has 1 heterocycles. The van der Waals surface area contributed by atoms with Crippen LogP contribution in [0.1, 0.15) is 51.5 Å². The number of aliphatic hydroxyl groups excluding tert-OH is 1. The summed E-state index contributed by atoms with van der Waals surface area (Å²) in [6.07, 6.45) is 7.01. The van der Waals surface area contributed by atoms with E-state index in [1.807, 2.05) is 24.7 Å². The number of aryl methyl sites for hydroxylation is 1. The third kappa shape index (κ3) is 2.45. The minimum Gasteiger partial charge on any atom is -0.382 e. The summed E-state index contributed by atoms with van der Waals surface area (Å²) < 4.78 is 7.83. The molecule has 102 valence electrons. The second-order valence-corrected chi connectivity index (χ2v) is 5.48. The van der Waals surface area contributed by atoms with E-state index in [0.717, 1.165) is 31.6 Å². The first-order valence-corrected chi connectivity index (χ1v) is 6.88. The second kappa shape index (κ2) is 5.41. The summed E-state index contributed by atoms with van der Waals surface area (Å²) in [5.41, 5.74) is -0.444. The van der Waals surface area contributed by atoms with Crippen LogP contribution in [-0.2, 0) is 11.8 Å². The van der Waals surface area contributed by atoms with Crippen LogP contribution in [0.25, 0.3) is 0 Å². The summed E-state index contributed by atoms with van der Waals surface area (Å²) in [7, 11) is 1.91. The fraction of sp³-hybridized carbons (Fsp3) is 0.786. The van der Waals surface area contributed by atoms with Gasteiger partial charge in [-0.25, -0.2) is 4.98 Å². The number of ether oxygens (including phenoxy) is 1. The van der Waals surface area contributed by atoms with E-state index in [0.29, 0.717) is 12.4 Å². The number of aliphatic hydroxyl groups is 1. The molecule has 0 aromatic carbocycles. The molecule has 1 aromatic rings. The van der Waals surface area contributed by atoms with Crippen molar-refractivity contribution >= 4 is 0 Å². The van der Waals surface area contributed by atoms with E-state index in [9.17, 15) is 5.11 Å². The Labute approximate surface area is 109 Å². The third-order valence-corrected chi connectivity index (χ3v) is 4.15. The van der Waals surface area contributed by atoms with Crippen molar-refractivity contribution in [2.45, 2.75) is 51.2 Å². The molecule has 1 aliphatic rings. The topological polar surface area (TPSA) is 47.3 Å². The van der Waals surface area contributed by atoms with Crippen LogP contribution in [0.15, 0.2) is 12.4 Å². The summed E-state index contributed by atoms with van der Waals surface area (Å²) in [6.45, 7) is 4.89. The lowest BCUT2D eigenvalue weighted by Gasteiger charge is -2.42. The van der Waals surface area contributed by atoms with E-state index in [-0.39, 0.29) is 0 Å². The van der Waals surface area contributed by atoms with Gasteiger partial charge in [-0.05, 0) is 38.5 Å². The molecule has 4 heteroatoms. The molecular formula is C14H24N2O2. The van der Waals surface area contributed by atoms with Gasteiger partial charge in [-0.3, -0.25) is 0 Å². The standard InChI is InChI=1S/C14H24N2O2/c1-4-18-14(7-5-11(2)6-8-14)12(17)13-15-9-10-16(13)3/h9-12,17H,4-8H2,1-3H3. The number of nitrogens with zero attached hydrogens (tertiary/aromatic N) is 2. The first-order valence-electron chi connectivity index (χ1n) is 6.88. The first kappa shape index (κ1) is 13.6. The Morgan fingerprint density at radius 2 is 2.22 bits per heavy atom. The highest BCUT2D eigenvalue weighted by Gasteiger charge is 2.43. The highest BCUT2D eigenvalue weighted by atomic mass is 16.5. The molecule has 0 bridgehead atoms. The van der Waals surface area contributed by atoms with Gasteiger partial charge in [0.25, 0.3) is 0 Å². The van der Waals surface area contributed by atoms with Gasteiger partial charge in [0, 0.05) is 26.0 Å². The molecule has 0 saturated heterocycles. The Balaban J connectivity index is 2.22. The van der Waals surface area contributed by atoms with Crippen molar-refractivity contribution in [3.63, 3.8) is 0 Å². The molecule has 1 unspecified atom stereocenters. The van der Waals surface area contributed by atoms with Gasteiger partial charge in [0.2, 0.25) is 0 Å². The van der Waals surface area contributed by atoms with Crippen molar-refractivity contribution in [2.75, 3.05) is 6.61 Å². The van der Waals surface area contributed by atoms with Gasteiger partial charge in [-0.2, -0.15) is 0 Å². The van der Waals surface area contributed by atoms with Crippen molar-refractivity contribution in [1.82, 2.24) is 9.55 Å². The van der Waals surface area contributed by atoms with E-state index < -0.39 is 11.7 Å². The molecule has 18 heavy (non-hydrogen) atoms. The van der Waals surface area contributed by atoms with E-state index in [2.05, 4.69) is 11.9 Å². The maximum absolute atomic E-state index is 10.7. The third-order valence-electron chi connectivity index (χ3n) is 4.15. The average Bonchev–Trinajstić information content (AvgIpc) is 2.78. The molecule has 1 aliphatic carbocycles. The van der Waals surface area contributed by atoms with Crippen molar-refractivity contribution in [1.29, 1.82) is 0 Å². The normalized spacial score (nSPS) is 30.3. The molecule has 0 spiro atoms. The van der Waals surface area contributed by atoms with Crippen LogP contribution >= 0.6 is 0 Å². The molecule has 1 aromatic heterocycles. The Morgan fingerprint density at radius 3 is 2.72 bits per heavy atom. The highest BCUT2D eigenvalue weighted by molar-refractivity contribution is 5.05. The predicted molar refractivity (Wildman–Crippen MR) is 70.2 cm³/mol. The number of hydrogen-bond donors (Lipinski definition) is 1. The number of rotatable bonds is 4. The van der Waals surface area contributed by atoms with Gasteiger partial charge < -0.3 is 14.4 Å². The summed E-state index contributed by atoms with van der Waals surface area (Å²) in [5.74, 6) is 1.44. The van der Waals surface area contributed by atoms with Crippen LogP contribution in [0.2, 0.25) is 0 Å². The Morgan fingerprint density at radius 1 is 1.56 bits per heavy atom. The van der Waals surface area contributed by atoms with Crippen molar-refractivity contribution < 1.29 is 9.84 Å². The number of hydrogen-bond acceptors (Lipinski definition) is 3. The van der Waals surface area contributed by atoms with Gasteiger partial charge in [0.05, 0.1) is 0 Å². The van der Waals surface area contributed by atoms with Gasteiger partial charge in [-0.1, -0.05) is 6.92 Å². The lowest BCUT2D eigenvalue weighted by Crippen LogP contribution is -2.43. The molecule has 0 aliphatic heterocycles. The molecule has 2 rings (SSSR count). The lowest BCUT2D eigenvalue weighted by atomic mass is 9.76. The van der Waals surface area contributed by atoms with Crippen LogP contribution in [-0.4, -0.2) is 26.9 Å². The van der Waals surface area contributed by atoms with Crippen LogP contribution in [0, 0.1) is 5.92 Å². The zero-order valence-corrected chi connectivity index (χ0v) is 11.6. The maximum Gasteiger partial charge on any atom is 0.141 e. The largest absolute Gasteiger partial charge is 0.382 e. The Kier molecular flexibility index (Phi) is 4.07. The fourth-order valence-corrected chi connectivity index (χ4v) is 2.91. The fourth-order valence-electron chi connectivity index (χ4n) is 2.91. The first-order chi connectivity index (χ1) is 8.59. The smallest absolute Gasteiger partial charge is 0.141 e. The molecular weight excluding hydrogens is 228 g/mol. The van der Waals surface area contributed by atoms with E-state index in [4.69, 9.17) is 4.74 Å². The lowest BCUT2D eigenvalue weighted by molar-refractivity contribution is -0.149. The number of imidazole rings is 1. The van der Waals surface area contributed by atoms with E-state index >= 15 is 0 Å². The zero-order valence-electron chi connectivity index (χ0n) is 11.6. The maximum atomic E-state index is 10.7. The summed E-state index contributed by atoms with van der Waals surface area (Å²) in [6, 6.07) is 0. The molecule has 1 fully saturated rings. The number of aromatic nitrogens is 2. The highest BCUT2D eigenvalue weighted by Crippen LogP contribution is 2.42. The molecule has 4 nitrogen and oxygen atoms in total. The molecule has 0 radical (unpaired) electrons. The van der Waals surface area contributed by atoms with Gasteiger partial charge in [-0.15, -0.1) is 0 Å². The minimum absolute atomic E-state index is 0.444. The van der Waals surface area contributed by atoms with Crippen molar-refractivity contribution in [3.05, 3.63) is 18.2 Å². The monoisotopic (exact) mass is 252 g/mol. The van der Waals surface area contributed by atoms with Crippen molar-refractivity contribution in [3.8, 4) is 0 Å². The van der Waals surface area contributed by atoms with Crippen LogP contribution in [0.4, 0.5) is 0 Å². The Hall–Kier alpha value is -0.870. The quantitative estimate of drug-likeness (QED) is 0.895. The molecule has 1 atom stereocenters. The SMILES string of the molecule is CCOC1(C(O)c2nccn2C)CCC(C)CC1. The van der Waals surface area contributed by atoms with Crippen LogP contribution in [0.5, 0.6) is 0 Å². The zero-order chi connectivity index (χ0) is 13.2. The molecule has 1 saturated carbocycles. The van der Waals surface area contributed by atoms with Crippen LogP contribution < -0.4 is 0 Å². The van der Waals surface area contributed by atoms with Crippen LogP contribution in [0.3, 0.4) is 0 Å². The molecule has 1 N–H and O–H groups in total. The average molecular weight is 252 g/mol. The van der Waals surface area contributed by atoms with E-state index in [1.165, 1.54) is 0 Å². The van der Waals surface area contributed by atoms with Gasteiger partial charge in [0.1, 0.15) is 17.5 Å². The van der Waals surface area contributed by atoms with Gasteiger partial charge in [0.15, 0.2) is 0 Å². The van der Waals surface area contributed by atoms with Crippen molar-refractivity contribution in [2.24, 2.45) is 13.0 Å². The minimum atomic E-state index is -0.634. The summed E-state index contributed by atoms with van der Waals surface area (Å²) >= 11 is 0. The second-order valence-electron chi connectivity index (χ2n) is 5.48. The van der Waals surface area contributed by atoms with Gasteiger partial charge >= 0.3 is 0 Å². The summed E-state index contributed by atoms with van der Waals surface area (Å²) in [4.78, 5) is 4.27. The predicted octanol–water partition coefficient (Wildman–Crippen LogP) is 2.44. The Bertz CT molecular complexity index is 381. The molecule has 0 amide bonds. The van der Waals surface area contributed by atoms with E-state index in [1.54, 1.807) is 6.20 Å². The summed E-state index contributed by atoms with van der Waals surface area (Å²) in [5, 5.41) is 10.7.